The van der Waals surface area contributed by atoms with E-state index in [2.05, 4.69) is 10.3 Å². The fourth-order valence-electron chi connectivity index (χ4n) is 1.59. The molecule has 2 rings (SSSR count). The van der Waals surface area contributed by atoms with E-state index in [-0.39, 0.29) is 5.91 Å². The molecule has 0 spiro atoms. The molecule has 0 fully saturated rings. The average Bonchev–Trinajstić information content (AvgIpc) is 2.48. The van der Waals surface area contributed by atoms with E-state index in [1.165, 1.54) is 0 Å². The molecule has 0 bridgehead atoms. The Hall–Kier alpha value is -2.27. The summed E-state index contributed by atoms with van der Waals surface area (Å²) in [5, 5.41) is 3.14. The molecule has 0 radical (unpaired) electrons. The first kappa shape index (κ1) is 14.1. The zero-order chi connectivity index (χ0) is 14.5. The van der Waals surface area contributed by atoms with Gasteiger partial charge >= 0.3 is 0 Å². The summed E-state index contributed by atoms with van der Waals surface area (Å²) in [4.78, 5) is 16.0. The number of carbonyl (C=O) groups excluding carboxylic acids is 1. The number of hydrogen-bond acceptors (Lipinski definition) is 4. The number of pyridine rings is 1. The first-order chi connectivity index (χ1) is 9.60. The van der Waals surface area contributed by atoms with Crippen LogP contribution in [0.3, 0.4) is 0 Å². The van der Waals surface area contributed by atoms with Crippen molar-refractivity contribution in [2.24, 2.45) is 0 Å². The van der Waals surface area contributed by atoms with Gasteiger partial charge in [0, 0.05) is 24.4 Å². The van der Waals surface area contributed by atoms with Crippen molar-refractivity contribution < 1.29 is 9.53 Å². The molecule has 6 heteroatoms. The molecular weight excluding hydrogens is 278 g/mol. The van der Waals surface area contributed by atoms with E-state index in [0.717, 1.165) is 5.56 Å². The molecule has 0 atom stereocenters. The topological polar surface area (TPSA) is 77.2 Å². The number of nitrogens with one attached hydrogen (secondary N) is 1. The number of nitrogen functional groups attached to an aromatic ring is 1. The van der Waals surface area contributed by atoms with Crippen LogP contribution < -0.4 is 15.8 Å². The van der Waals surface area contributed by atoms with E-state index in [0.29, 0.717) is 28.7 Å². The Labute approximate surface area is 121 Å². The van der Waals surface area contributed by atoms with Gasteiger partial charge in [0.05, 0.1) is 17.8 Å². The molecule has 3 N–H and O–H groups in total. The van der Waals surface area contributed by atoms with Gasteiger partial charge in [-0.2, -0.15) is 0 Å². The fourth-order valence-corrected chi connectivity index (χ4v) is 1.77. The molecule has 0 saturated carbocycles. The van der Waals surface area contributed by atoms with Gasteiger partial charge in [0.15, 0.2) is 0 Å². The van der Waals surface area contributed by atoms with Crippen LogP contribution in [0, 0.1) is 0 Å². The molecule has 2 aromatic rings. The predicted molar refractivity (Wildman–Crippen MR) is 77.8 cm³/mol. The number of carbonyl (C=O) groups is 1. The lowest BCUT2D eigenvalue weighted by atomic mass is 10.2. The Bertz CT molecular complexity index is 614. The SMILES string of the molecule is COc1ccc(CNC(=O)c2ccc(N)c(Cl)c2)cn1. The quantitative estimate of drug-likeness (QED) is 0.847. The number of nitrogens with two attached hydrogens (primary N) is 1. The van der Waals surface area contributed by atoms with Gasteiger partial charge in [0.1, 0.15) is 0 Å². The first-order valence-electron chi connectivity index (χ1n) is 5.92. The number of rotatable bonds is 4. The molecule has 0 aliphatic carbocycles. The van der Waals surface area contributed by atoms with Crippen molar-refractivity contribution in [3.05, 3.63) is 52.7 Å². The highest BCUT2D eigenvalue weighted by Crippen LogP contribution is 2.19. The second kappa shape index (κ2) is 6.25. The van der Waals surface area contributed by atoms with Crippen molar-refractivity contribution in [3.8, 4) is 5.88 Å². The van der Waals surface area contributed by atoms with Crippen LogP contribution in [0.25, 0.3) is 0 Å². The minimum absolute atomic E-state index is 0.220. The van der Waals surface area contributed by atoms with E-state index in [4.69, 9.17) is 22.1 Å². The van der Waals surface area contributed by atoms with Crippen LogP contribution in [0.2, 0.25) is 5.02 Å². The maximum Gasteiger partial charge on any atom is 0.251 e. The largest absolute Gasteiger partial charge is 0.481 e. The van der Waals surface area contributed by atoms with Gasteiger partial charge in [0.25, 0.3) is 5.91 Å². The molecule has 20 heavy (non-hydrogen) atoms. The van der Waals surface area contributed by atoms with Crippen molar-refractivity contribution in [2.75, 3.05) is 12.8 Å². The lowest BCUT2D eigenvalue weighted by Crippen LogP contribution is -2.22. The molecule has 0 unspecified atom stereocenters. The van der Waals surface area contributed by atoms with Crippen LogP contribution >= 0.6 is 11.6 Å². The molecule has 1 amide bonds. The number of methoxy groups -OCH3 is 1. The monoisotopic (exact) mass is 291 g/mol. The third kappa shape index (κ3) is 3.39. The Kier molecular flexibility index (Phi) is 4.42. The van der Waals surface area contributed by atoms with E-state index in [1.807, 2.05) is 6.07 Å². The molecule has 0 saturated heterocycles. The Morgan fingerprint density at radius 3 is 2.80 bits per heavy atom. The zero-order valence-electron chi connectivity index (χ0n) is 10.9. The second-order valence-electron chi connectivity index (χ2n) is 4.13. The summed E-state index contributed by atoms with van der Waals surface area (Å²) in [6, 6.07) is 8.34. The van der Waals surface area contributed by atoms with Gasteiger partial charge in [-0.05, 0) is 23.8 Å². The molecule has 1 aromatic carbocycles. The number of halogens is 1. The van der Waals surface area contributed by atoms with Crippen molar-refractivity contribution in [1.82, 2.24) is 10.3 Å². The van der Waals surface area contributed by atoms with Gasteiger partial charge in [-0.3, -0.25) is 4.79 Å². The van der Waals surface area contributed by atoms with Crippen LogP contribution in [-0.4, -0.2) is 18.0 Å². The number of ether oxygens (including phenoxy) is 1. The highest BCUT2D eigenvalue weighted by molar-refractivity contribution is 6.33. The summed E-state index contributed by atoms with van der Waals surface area (Å²) in [5.74, 6) is 0.313. The molecule has 1 heterocycles. The predicted octanol–water partition coefficient (Wildman–Crippen LogP) is 2.26. The van der Waals surface area contributed by atoms with E-state index >= 15 is 0 Å². The molecule has 0 aliphatic rings. The maximum absolute atomic E-state index is 11.9. The van der Waals surface area contributed by atoms with Crippen molar-refractivity contribution in [3.63, 3.8) is 0 Å². The number of benzene rings is 1. The minimum Gasteiger partial charge on any atom is -0.481 e. The average molecular weight is 292 g/mol. The summed E-state index contributed by atoms with van der Waals surface area (Å²) in [7, 11) is 1.55. The Morgan fingerprint density at radius 1 is 1.40 bits per heavy atom. The standard InChI is InChI=1S/C14H14ClN3O2/c1-20-13-5-2-9(7-17-13)8-18-14(19)10-3-4-12(16)11(15)6-10/h2-7H,8,16H2,1H3,(H,18,19). The summed E-state index contributed by atoms with van der Waals surface area (Å²) < 4.78 is 4.96. The molecular formula is C14H14ClN3O2. The number of aromatic nitrogens is 1. The van der Waals surface area contributed by atoms with E-state index < -0.39 is 0 Å². The Balaban J connectivity index is 1.98. The van der Waals surface area contributed by atoms with Crippen LogP contribution in [0.15, 0.2) is 36.5 Å². The van der Waals surface area contributed by atoms with Crippen LogP contribution in [-0.2, 0) is 6.54 Å². The smallest absolute Gasteiger partial charge is 0.251 e. The summed E-state index contributed by atoms with van der Waals surface area (Å²) in [6.07, 6.45) is 1.65. The van der Waals surface area contributed by atoms with Crippen LogP contribution in [0.5, 0.6) is 5.88 Å². The van der Waals surface area contributed by atoms with E-state index in [1.54, 1.807) is 37.6 Å². The third-order valence-corrected chi connectivity index (χ3v) is 3.05. The fraction of sp³-hybridized carbons (Fsp3) is 0.143. The number of anilines is 1. The van der Waals surface area contributed by atoms with Crippen molar-refractivity contribution >= 4 is 23.2 Å². The zero-order valence-corrected chi connectivity index (χ0v) is 11.6. The molecule has 0 aliphatic heterocycles. The van der Waals surface area contributed by atoms with Crippen LogP contribution in [0.1, 0.15) is 15.9 Å². The molecule has 104 valence electrons. The normalized spacial score (nSPS) is 10.1. The first-order valence-corrected chi connectivity index (χ1v) is 6.30. The van der Waals surface area contributed by atoms with Gasteiger partial charge < -0.3 is 15.8 Å². The summed E-state index contributed by atoms with van der Waals surface area (Å²) in [6.45, 7) is 0.373. The molecule has 1 aromatic heterocycles. The van der Waals surface area contributed by atoms with Gasteiger partial charge in [-0.1, -0.05) is 17.7 Å². The van der Waals surface area contributed by atoms with Crippen molar-refractivity contribution in [1.29, 1.82) is 0 Å². The van der Waals surface area contributed by atoms with Gasteiger partial charge in [-0.25, -0.2) is 4.98 Å². The van der Waals surface area contributed by atoms with Crippen molar-refractivity contribution in [2.45, 2.75) is 6.54 Å². The van der Waals surface area contributed by atoms with Gasteiger partial charge in [-0.15, -0.1) is 0 Å². The number of amides is 1. The number of hydrogen-bond donors (Lipinski definition) is 2. The lowest BCUT2D eigenvalue weighted by Gasteiger charge is -2.07. The summed E-state index contributed by atoms with van der Waals surface area (Å²) >= 11 is 5.88. The third-order valence-electron chi connectivity index (χ3n) is 2.72. The highest BCUT2D eigenvalue weighted by Gasteiger charge is 2.07. The maximum atomic E-state index is 11.9. The second-order valence-corrected chi connectivity index (χ2v) is 4.53. The highest BCUT2D eigenvalue weighted by atomic mass is 35.5. The summed E-state index contributed by atoms with van der Waals surface area (Å²) in [5.41, 5.74) is 7.38. The van der Waals surface area contributed by atoms with Crippen LogP contribution in [0.4, 0.5) is 5.69 Å². The molecule has 5 nitrogen and oxygen atoms in total. The van der Waals surface area contributed by atoms with Gasteiger partial charge in [0.2, 0.25) is 5.88 Å². The lowest BCUT2D eigenvalue weighted by molar-refractivity contribution is 0.0951. The number of nitrogens with zero attached hydrogens (tertiary/aromatic N) is 1. The Morgan fingerprint density at radius 2 is 2.20 bits per heavy atom. The minimum atomic E-state index is -0.220. The van der Waals surface area contributed by atoms with E-state index in [9.17, 15) is 4.79 Å².